The van der Waals surface area contributed by atoms with Gasteiger partial charge in [0.2, 0.25) is 0 Å². The lowest BCUT2D eigenvalue weighted by molar-refractivity contribution is 0.0557. The molecule has 1 fully saturated rings. The van der Waals surface area contributed by atoms with E-state index in [-0.39, 0.29) is 11.5 Å². The SMILES string of the molecule is CCCC#C[C@@H]1OCCC[C@@H]1Cl. The molecule has 1 rings (SSSR count). The predicted molar refractivity (Wildman–Crippen MR) is 51.3 cm³/mol. The van der Waals surface area contributed by atoms with Crippen molar-refractivity contribution in [2.45, 2.75) is 44.1 Å². The molecule has 0 amide bonds. The summed E-state index contributed by atoms with van der Waals surface area (Å²) in [7, 11) is 0. The molecule has 0 unspecified atom stereocenters. The Kier molecular flexibility index (Phi) is 4.50. The van der Waals surface area contributed by atoms with E-state index in [2.05, 4.69) is 18.8 Å². The number of alkyl halides is 1. The van der Waals surface area contributed by atoms with E-state index in [1.165, 1.54) is 0 Å². The molecule has 0 spiro atoms. The highest BCUT2D eigenvalue weighted by Gasteiger charge is 2.21. The van der Waals surface area contributed by atoms with E-state index >= 15 is 0 Å². The molecule has 0 bridgehead atoms. The van der Waals surface area contributed by atoms with Gasteiger partial charge < -0.3 is 4.74 Å². The van der Waals surface area contributed by atoms with Crippen LogP contribution < -0.4 is 0 Å². The zero-order valence-corrected chi connectivity index (χ0v) is 8.23. The highest BCUT2D eigenvalue weighted by Crippen LogP contribution is 2.18. The molecule has 68 valence electrons. The highest BCUT2D eigenvalue weighted by molar-refractivity contribution is 6.21. The maximum absolute atomic E-state index is 6.03. The van der Waals surface area contributed by atoms with Crippen LogP contribution in [0.2, 0.25) is 0 Å². The number of hydrogen-bond acceptors (Lipinski definition) is 1. The molecule has 0 radical (unpaired) electrons. The van der Waals surface area contributed by atoms with Crippen LogP contribution in [0.5, 0.6) is 0 Å². The number of unbranched alkanes of at least 4 members (excludes halogenated alkanes) is 1. The van der Waals surface area contributed by atoms with Crippen LogP contribution >= 0.6 is 11.6 Å². The van der Waals surface area contributed by atoms with E-state index in [0.29, 0.717) is 0 Å². The summed E-state index contributed by atoms with van der Waals surface area (Å²) in [5, 5.41) is 0.100. The fourth-order valence-electron chi connectivity index (χ4n) is 1.17. The minimum atomic E-state index is -0.0213. The second kappa shape index (κ2) is 5.45. The fraction of sp³-hybridized carbons (Fsp3) is 0.800. The van der Waals surface area contributed by atoms with Crippen LogP contribution in [0, 0.1) is 11.8 Å². The van der Waals surface area contributed by atoms with E-state index in [1.807, 2.05) is 0 Å². The molecule has 1 aliphatic heterocycles. The second-order valence-electron chi connectivity index (χ2n) is 3.02. The highest BCUT2D eigenvalue weighted by atomic mass is 35.5. The Morgan fingerprint density at radius 3 is 3.08 bits per heavy atom. The lowest BCUT2D eigenvalue weighted by atomic mass is 10.1. The Bertz CT molecular complexity index is 180. The molecular weight excluding hydrogens is 172 g/mol. The van der Waals surface area contributed by atoms with E-state index in [1.54, 1.807) is 0 Å². The van der Waals surface area contributed by atoms with Crippen LogP contribution in [-0.2, 0) is 4.74 Å². The van der Waals surface area contributed by atoms with Crippen molar-refractivity contribution in [3.8, 4) is 11.8 Å². The van der Waals surface area contributed by atoms with Gasteiger partial charge in [-0.15, -0.1) is 17.5 Å². The number of rotatable bonds is 1. The first kappa shape index (κ1) is 9.89. The summed E-state index contributed by atoms with van der Waals surface area (Å²) in [5.74, 6) is 6.14. The Hall–Kier alpha value is -0.190. The monoisotopic (exact) mass is 186 g/mol. The number of ether oxygens (including phenoxy) is 1. The summed E-state index contributed by atoms with van der Waals surface area (Å²) in [6, 6.07) is 0. The molecular formula is C10H15ClO. The Morgan fingerprint density at radius 1 is 1.58 bits per heavy atom. The van der Waals surface area contributed by atoms with Crippen molar-refractivity contribution >= 4 is 11.6 Å². The van der Waals surface area contributed by atoms with E-state index < -0.39 is 0 Å². The van der Waals surface area contributed by atoms with Gasteiger partial charge in [0.05, 0.1) is 5.38 Å². The maximum Gasteiger partial charge on any atom is 0.134 e. The van der Waals surface area contributed by atoms with Crippen LogP contribution in [0.15, 0.2) is 0 Å². The molecule has 1 saturated heterocycles. The third-order valence-corrected chi connectivity index (χ3v) is 2.32. The lowest BCUT2D eigenvalue weighted by Gasteiger charge is -2.22. The lowest BCUT2D eigenvalue weighted by Crippen LogP contribution is -2.28. The van der Waals surface area contributed by atoms with Crippen molar-refractivity contribution in [3.63, 3.8) is 0 Å². The predicted octanol–water partition coefficient (Wildman–Crippen LogP) is 2.58. The molecule has 12 heavy (non-hydrogen) atoms. The van der Waals surface area contributed by atoms with Crippen molar-refractivity contribution in [1.82, 2.24) is 0 Å². The van der Waals surface area contributed by atoms with Crippen LogP contribution in [0.1, 0.15) is 32.6 Å². The van der Waals surface area contributed by atoms with Crippen LogP contribution in [0.4, 0.5) is 0 Å². The van der Waals surface area contributed by atoms with Crippen LogP contribution in [-0.4, -0.2) is 18.1 Å². The van der Waals surface area contributed by atoms with Crippen LogP contribution in [0.25, 0.3) is 0 Å². The fourth-order valence-corrected chi connectivity index (χ4v) is 1.46. The molecule has 0 aliphatic carbocycles. The van der Waals surface area contributed by atoms with Gasteiger partial charge in [-0.2, -0.15) is 0 Å². The van der Waals surface area contributed by atoms with Gasteiger partial charge in [0, 0.05) is 13.0 Å². The van der Waals surface area contributed by atoms with Crippen LogP contribution in [0.3, 0.4) is 0 Å². The van der Waals surface area contributed by atoms with Crippen molar-refractivity contribution < 1.29 is 4.74 Å². The van der Waals surface area contributed by atoms with E-state index in [4.69, 9.17) is 16.3 Å². The first-order valence-corrected chi connectivity index (χ1v) is 5.02. The minimum absolute atomic E-state index is 0.0213. The largest absolute Gasteiger partial charge is 0.364 e. The smallest absolute Gasteiger partial charge is 0.134 e. The van der Waals surface area contributed by atoms with Gasteiger partial charge in [-0.25, -0.2) is 0 Å². The zero-order chi connectivity index (χ0) is 8.81. The number of hydrogen-bond donors (Lipinski definition) is 0. The second-order valence-corrected chi connectivity index (χ2v) is 3.58. The molecule has 1 heterocycles. The summed E-state index contributed by atoms with van der Waals surface area (Å²) < 4.78 is 5.43. The topological polar surface area (TPSA) is 9.23 Å². The van der Waals surface area contributed by atoms with Gasteiger partial charge in [-0.3, -0.25) is 0 Å². The van der Waals surface area contributed by atoms with Crippen molar-refractivity contribution in [3.05, 3.63) is 0 Å². The normalized spacial score (nSPS) is 29.2. The molecule has 1 aliphatic rings. The molecule has 0 aromatic carbocycles. The Morgan fingerprint density at radius 2 is 2.42 bits per heavy atom. The van der Waals surface area contributed by atoms with E-state index in [0.717, 1.165) is 32.3 Å². The molecule has 0 N–H and O–H groups in total. The third-order valence-electron chi connectivity index (χ3n) is 1.87. The molecule has 0 aromatic heterocycles. The molecule has 2 heteroatoms. The Labute approximate surface area is 79.4 Å². The summed E-state index contributed by atoms with van der Waals surface area (Å²) in [6.45, 7) is 2.93. The standard InChI is InChI=1S/C10H15ClO/c1-2-3-4-7-10-9(11)6-5-8-12-10/h9-10H,2-3,5-6,8H2,1H3/t9-,10-/m0/s1. The van der Waals surface area contributed by atoms with Gasteiger partial charge in [0.15, 0.2) is 0 Å². The average Bonchev–Trinajstić information content (AvgIpc) is 2.09. The van der Waals surface area contributed by atoms with Crippen molar-refractivity contribution in [2.75, 3.05) is 6.61 Å². The Balaban J connectivity index is 2.34. The summed E-state index contributed by atoms with van der Waals surface area (Å²) in [6.07, 6.45) is 4.13. The summed E-state index contributed by atoms with van der Waals surface area (Å²) in [4.78, 5) is 0. The van der Waals surface area contributed by atoms with Gasteiger partial charge in [0.25, 0.3) is 0 Å². The average molecular weight is 187 g/mol. The number of halogens is 1. The van der Waals surface area contributed by atoms with Crippen molar-refractivity contribution in [1.29, 1.82) is 0 Å². The van der Waals surface area contributed by atoms with Gasteiger partial charge in [-0.1, -0.05) is 12.8 Å². The molecule has 0 saturated carbocycles. The molecule has 1 nitrogen and oxygen atoms in total. The van der Waals surface area contributed by atoms with Gasteiger partial charge >= 0.3 is 0 Å². The molecule has 0 aromatic rings. The zero-order valence-electron chi connectivity index (χ0n) is 7.48. The quantitative estimate of drug-likeness (QED) is 0.452. The first-order chi connectivity index (χ1) is 5.84. The molecule has 2 atom stereocenters. The summed E-state index contributed by atoms with van der Waals surface area (Å²) in [5.41, 5.74) is 0. The summed E-state index contributed by atoms with van der Waals surface area (Å²) >= 11 is 6.03. The maximum atomic E-state index is 6.03. The van der Waals surface area contributed by atoms with E-state index in [9.17, 15) is 0 Å². The minimum Gasteiger partial charge on any atom is -0.364 e. The first-order valence-electron chi connectivity index (χ1n) is 4.58. The van der Waals surface area contributed by atoms with Crippen molar-refractivity contribution in [2.24, 2.45) is 0 Å². The third kappa shape index (κ3) is 3.05. The van der Waals surface area contributed by atoms with Gasteiger partial charge in [0.1, 0.15) is 6.10 Å². The van der Waals surface area contributed by atoms with Gasteiger partial charge in [-0.05, 0) is 19.3 Å².